The van der Waals surface area contributed by atoms with Gasteiger partial charge in [-0.25, -0.2) is 0 Å². The van der Waals surface area contributed by atoms with Crippen molar-refractivity contribution in [1.29, 1.82) is 0 Å². The van der Waals surface area contributed by atoms with Crippen LogP contribution in [0.1, 0.15) is 16.1 Å². The van der Waals surface area contributed by atoms with Gasteiger partial charge in [-0.1, -0.05) is 12.1 Å². The van der Waals surface area contributed by atoms with Gasteiger partial charge in [0.05, 0.1) is 20.4 Å². The van der Waals surface area contributed by atoms with E-state index in [0.29, 0.717) is 18.0 Å². The fourth-order valence-corrected chi connectivity index (χ4v) is 1.67. The number of nitrogens with one attached hydrogen (secondary N) is 2. The van der Waals surface area contributed by atoms with Crippen LogP contribution in [0.15, 0.2) is 24.4 Å². The molecule has 0 aliphatic heterocycles. The van der Waals surface area contributed by atoms with E-state index in [9.17, 15) is 4.79 Å². The molecular weight excluding hydrogens is 248 g/mol. The van der Waals surface area contributed by atoms with E-state index in [1.807, 2.05) is 12.1 Å². The normalized spacial score (nSPS) is 10.0. The number of aromatic amines is 1. The van der Waals surface area contributed by atoms with E-state index in [1.165, 1.54) is 6.20 Å². The summed E-state index contributed by atoms with van der Waals surface area (Å²) in [5.41, 5.74) is 1.06. The molecule has 0 bridgehead atoms. The fraction of sp³-hybridized carbons (Fsp3) is 0.250. The molecule has 0 saturated carbocycles. The zero-order chi connectivity index (χ0) is 13.7. The summed E-state index contributed by atoms with van der Waals surface area (Å²) < 4.78 is 10.5. The number of carbonyl (C=O) groups is 1. The number of benzene rings is 1. The molecule has 1 amide bonds. The molecule has 19 heavy (non-hydrogen) atoms. The van der Waals surface area contributed by atoms with Crippen LogP contribution in [0.25, 0.3) is 0 Å². The van der Waals surface area contributed by atoms with Crippen LogP contribution in [-0.2, 0) is 6.54 Å². The van der Waals surface area contributed by atoms with Crippen LogP contribution in [0, 0.1) is 0 Å². The SMILES string of the molecule is COc1cccc(CNC(=O)c2cn[nH]n2)c1OC. The third-order valence-electron chi connectivity index (χ3n) is 2.57. The smallest absolute Gasteiger partial charge is 0.273 e. The zero-order valence-electron chi connectivity index (χ0n) is 10.6. The second kappa shape index (κ2) is 5.85. The third-order valence-corrected chi connectivity index (χ3v) is 2.57. The minimum Gasteiger partial charge on any atom is -0.493 e. The van der Waals surface area contributed by atoms with Crippen molar-refractivity contribution >= 4 is 5.91 Å². The van der Waals surface area contributed by atoms with E-state index >= 15 is 0 Å². The molecule has 2 N–H and O–H groups in total. The monoisotopic (exact) mass is 262 g/mol. The number of aromatic nitrogens is 3. The average molecular weight is 262 g/mol. The van der Waals surface area contributed by atoms with Gasteiger partial charge in [-0.2, -0.15) is 15.4 Å². The lowest BCUT2D eigenvalue weighted by Gasteiger charge is -2.12. The van der Waals surface area contributed by atoms with Crippen LogP contribution in [0.5, 0.6) is 11.5 Å². The quantitative estimate of drug-likeness (QED) is 0.830. The lowest BCUT2D eigenvalue weighted by Crippen LogP contribution is -2.23. The number of rotatable bonds is 5. The van der Waals surface area contributed by atoms with Crippen molar-refractivity contribution in [2.45, 2.75) is 6.54 Å². The van der Waals surface area contributed by atoms with Crippen LogP contribution in [0.4, 0.5) is 0 Å². The maximum absolute atomic E-state index is 11.7. The van der Waals surface area contributed by atoms with Crippen LogP contribution >= 0.6 is 0 Å². The van der Waals surface area contributed by atoms with Crippen LogP contribution in [-0.4, -0.2) is 35.5 Å². The summed E-state index contributed by atoms with van der Waals surface area (Å²) in [7, 11) is 3.12. The van der Waals surface area contributed by atoms with Gasteiger partial charge in [0, 0.05) is 12.1 Å². The van der Waals surface area contributed by atoms with Gasteiger partial charge in [0.25, 0.3) is 5.91 Å². The second-order valence-electron chi connectivity index (χ2n) is 3.69. The van der Waals surface area contributed by atoms with Gasteiger partial charge in [0.2, 0.25) is 0 Å². The predicted molar refractivity (Wildman–Crippen MR) is 67.1 cm³/mol. The molecule has 2 rings (SSSR count). The van der Waals surface area contributed by atoms with Gasteiger partial charge in [-0.3, -0.25) is 4.79 Å². The molecule has 0 aliphatic carbocycles. The maximum Gasteiger partial charge on any atom is 0.273 e. The summed E-state index contributed by atoms with van der Waals surface area (Å²) >= 11 is 0. The van der Waals surface area contributed by atoms with Gasteiger partial charge in [-0.05, 0) is 6.07 Å². The molecule has 2 aromatic rings. The number of para-hydroxylation sites is 1. The Labute approximate surface area is 109 Å². The first kappa shape index (κ1) is 12.9. The summed E-state index contributed by atoms with van der Waals surface area (Å²) in [6.45, 7) is 0.312. The lowest BCUT2D eigenvalue weighted by atomic mass is 10.2. The molecule has 1 heterocycles. The molecule has 0 fully saturated rings. The minimum atomic E-state index is -0.307. The molecule has 1 aromatic heterocycles. The van der Waals surface area contributed by atoms with Gasteiger partial charge in [0.15, 0.2) is 17.2 Å². The van der Waals surface area contributed by atoms with Crippen molar-refractivity contribution in [3.05, 3.63) is 35.7 Å². The molecule has 0 spiro atoms. The van der Waals surface area contributed by atoms with Crippen molar-refractivity contribution in [2.24, 2.45) is 0 Å². The van der Waals surface area contributed by atoms with Gasteiger partial charge in [-0.15, -0.1) is 0 Å². The number of hydrogen-bond acceptors (Lipinski definition) is 5. The summed E-state index contributed by atoms with van der Waals surface area (Å²) in [6.07, 6.45) is 1.36. The van der Waals surface area contributed by atoms with Crippen molar-refractivity contribution in [2.75, 3.05) is 14.2 Å². The Morgan fingerprint density at radius 2 is 2.21 bits per heavy atom. The molecule has 0 radical (unpaired) electrons. The largest absolute Gasteiger partial charge is 0.493 e. The molecule has 7 nitrogen and oxygen atoms in total. The molecule has 0 aliphatic rings. The summed E-state index contributed by atoms with van der Waals surface area (Å²) in [6, 6.07) is 5.48. The first-order valence-corrected chi connectivity index (χ1v) is 5.60. The summed E-state index contributed by atoms with van der Waals surface area (Å²) in [5, 5.41) is 12.4. The number of methoxy groups -OCH3 is 2. The summed E-state index contributed by atoms with van der Waals surface area (Å²) in [5.74, 6) is 0.916. The molecule has 7 heteroatoms. The Balaban J connectivity index is 2.09. The van der Waals surface area contributed by atoms with Gasteiger partial charge in [0.1, 0.15) is 0 Å². The van der Waals surface area contributed by atoms with Gasteiger partial charge >= 0.3 is 0 Å². The van der Waals surface area contributed by atoms with E-state index in [1.54, 1.807) is 20.3 Å². The number of carbonyl (C=O) groups excluding carboxylic acids is 1. The first-order valence-electron chi connectivity index (χ1n) is 5.60. The number of ether oxygens (including phenoxy) is 2. The lowest BCUT2D eigenvalue weighted by molar-refractivity contribution is 0.0945. The molecule has 1 aromatic carbocycles. The maximum atomic E-state index is 11.7. The molecular formula is C12H14N4O3. The Bertz CT molecular complexity index is 554. The topological polar surface area (TPSA) is 89.1 Å². The highest BCUT2D eigenvalue weighted by molar-refractivity contribution is 5.91. The van der Waals surface area contributed by atoms with Crippen LogP contribution in [0.3, 0.4) is 0 Å². The first-order chi connectivity index (χ1) is 9.26. The molecule has 0 unspecified atom stereocenters. The predicted octanol–water partition coefficient (Wildman–Crippen LogP) is 0.752. The minimum absolute atomic E-state index is 0.238. The van der Waals surface area contributed by atoms with E-state index in [4.69, 9.17) is 9.47 Å². The number of amides is 1. The Hall–Kier alpha value is -2.57. The zero-order valence-corrected chi connectivity index (χ0v) is 10.6. The second-order valence-corrected chi connectivity index (χ2v) is 3.69. The fourth-order valence-electron chi connectivity index (χ4n) is 1.67. The third kappa shape index (κ3) is 2.82. The van der Waals surface area contributed by atoms with Crippen molar-refractivity contribution < 1.29 is 14.3 Å². The molecule has 100 valence electrons. The average Bonchev–Trinajstić information content (AvgIpc) is 2.98. The number of hydrogen-bond donors (Lipinski definition) is 2. The molecule has 0 saturated heterocycles. The van der Waals surface area contributed by atoms with Crippen molar-refractivity contribution in [1.82, 2.24) is 20.7 Å². The molecule has 0 atom stereocenters. The Kier molecular flexibility index (Phi) is 3.97. The van der Waals surface area contributed by atoms with Crippen LogP contribution < -0.4 is 14.8 Å². The number of nitrogens with zero attached hydrogens (tertiary/aromatic N) is 2. The Morgan fingerprint density at radius 1 is 1.37 bits per heavy atom. The van der Waals surface area contributed by atoms with E-state index in [2.05, 4.69) is 20.7 Å². The van der Waals surface area contributed by atoms with E-state index in [-0.39, 0.29) is 11.6 Å². The van der Waals surface area contributed by atoms with Crippen molar-refractivity contribution in [3.8, 4) is 11.5 Å². The van der Waals surface area contributed by atoms with Crippen molar-refractivity contribution in [3.63, 3.8) is 0 Å². The Morgan fingerprint density at radius 3 is 2.84 bits per heavy atom. The highest BCUT2D eigenvalue weighted by Crippen LogP contribution is 2.30. The standard InChI is InChI=1S/C12H14N4O3/c1-18-10-5-3-4-8(11(10)19-2)6-13-12(17)9-7-14-16-15-9/h3-5,7H,6H2,1-2H3,(H,13,17)(H,14,15,16). The van der Waals surface area contributed by atoms with Crippen LogP contribution in [0.2, 0.25) is 0 Å². The van der Waals surface area contributed by atoms with E-state index < -0.39 is 0 Å². The van der Waals surface area contributed by atoms with Gasteiger partial charge < -0.3 is 14.8 Å². The van der Waals surface area contributed by atoms with E-state index in [0.717, 1.165) is 5.56 Å². The highest BCUT2D eigenvalue weighted by atomic mass is 16.5. The number of H-pyrrole nitrogens is 1. The summed E-state index contributed by atoms with van der Waals surface area (Å²) in [4.78, 5) is 11.7. The highest BCUT2D eigenvalue weighted by Gasteiger charge is 2.12.